The lowest BCUT2D eigenvalue weighted by Crippen LogP contribution is -2.31. The summed E-state index contributed by atoms with van der Waals surface area (Å²) in [5.41, 5.74) is 1.50. The molecule has 0 unspecified atom stereocenters. The molecule has 1 aromatic rings. The van der Waals surface area contributed by atoms with Crippen molar-refractivity contribution in [3.8, 4) is 0 Å². The summed E-state index contributed by atoms with van der Waals surface area (Å²) < 4.78 is 1.98. The van der Waals surface area contributed by atoms with Crippen molar-refractivity contribution in [2.24, 2.45) is 0 Å². The topological polar surface area (TPSA) is 3.88 Å². The van der Waals surface area contributed by atoms with E-state index in [0.717, 1.165) is 11.6 Å². The van der Waals surface area contributed by atoms with Gasteiger partial charge in [-0.15, -0.1) is 0 Å². The number of hydrogen-bond donors (Lipinski definition) is 0. The number of hydrogen-bond acceptors (Lipinski definition) is 0. The summed E-state index contributed by atoms with van der Waals surface area (Å²) in [6, 6.07) is 3.67. The van der Waals surface area contributed by atoms with Gasteiger partial charge in [-0.3, -0.25) is 0 Å². The summed E-state index contributed by atoms with van der Waals surface area (Å²) in [6.45, 7) is 0.778. The molecule has 0 saturated carbocycles. The Morgan fingerprint density at radius 2 is 2.00 bits per heavy atom. The molecular weight excluding hydrogens is 181 g/mol. The largest absolute Gasteiger partial charge is 0.201 e. The summed E-state index contributed by atoms with van der Waals surface area (Å²) in [5.74, 6) is 0. The highest BCUT2D eigenvalue weighted by molar-refractivity contribution is 6.30. The lowest BCUT2D eigenvalue weighted by atomic mass is 10.4. The Kier molecular flexibility index (Phi) is 3.40. The van der Waals surface area contributed by atoms with Crippen molar-refractivity contribution in [1.29, 1.82) is 0 Å². The minimum atomic E-state index is 0.746. The van der Waals surface area contributed by atoms with Gasteiger partial charge in [-0.1, -0.05) is 23.2 Å². The third kappa shape index (κ3) is 2.91. The zero-order chi connectivity index (χ0) is 8.10. The van der Waals surface area contributed by atoms with Crippen LogP contribution in [0.4, 0.5) is 0 Å². The lowest BCUT2D eigenvalue weighted by molar-refractivity contribution is -0.687. The van der Waals surface area contributed by atoms with E-state index in [0.29, 0.717) is 0 Å². The second-order valence-corrected chi connectivity index (χ2v) is 2.76. The smallest absolute Gasteiger partial charge is 0.170 e. The zero-order valence-electron chi connectivity index (χ0n) is 5.87. The number of pyridine rings is 1. The van der Waals surface area contributed by atoms with Crippen LogP contribution in [0.5, 0.6) is 0 Å². The quantitative estimate of drug-likeness (QED) is 0.629. The Labute approximate surface area is 75.9 Å². The molecule has 1 aromatic heterocycles. The third-order valence-corrected chi connectivity index (χ3v) is 1.69. The number of halogens is 2. The van der Waals surface area contributed by atoms with Crippen LogP contribution in [0.15, 0.2) is 36.1 Å². The molecule has 1 rings (SSSR count). The predicted molar refractivity (Wildman–Crippen MR) is 46.6 cm³/mol. The average molecular weight is 189 g/mol. The van der Waals surface area contributed by atoms with Crippen molar-refractivity contribution < 1.29 is 4.57 Å². The van der Waals surface area contributed by atoms with Crippen LogP contribution in [-0.4, -0.2) is 0 Å². The van der Waals surface area contributed by atoms with Crippen LogP contribution in [0.2, 0.25) is 5.02 Å². The second kappa shape index (κ2) is 4.37. The zero-order valence-corrected chi connectivity index (χ0v) is 7.39. The Morgan fingerprint density at radius 1 is 1.36 bits per heavy atom. The van der Waals surface area contributed by atoms with Crippen LogP contribution in [0, 0.1) is 0 Å². The Bertz CT molecular complexity index is 241. The molecule has 3 heteroatoms. The maximum Gasteiger partial charge on any atom is 0.170 e. The second-order valence-electron chi connectivity index (χ2n) is 2.07. The molecule has 0 aromatic carbocycles. The van der Waals surface area contributed by atoms with Gasteiger partial charge in [-0.2, -0.15) is 0 Å². The first-order valence-corrected chi connectivity index (χ1v) is 4.04. The first kappa shape index (κ1) is 8.57. The minimum Gasteiger partial charge on any atom is -0.201 e. The standard InChI is InChI=1S/C8H8Cl2N/c9-4-1-5-11-6-2-8(10)3-7-11/h1-4,6-7H,5H2/q+1. The van der Waals surface area contributed by atoms with Gasteiger partial charge in [0.2, 0.25) is 0 Å². The van der Waals surface area contributed by atoms with Gasteiger partial charge >= 0.3 is 0 Å². The van der Waals surface area contributed by atoms with E-state index in [1.54, 1.807) is 0 Å². The minimum absolute atomic E-state index is 0.746. The van der Waals surface area contributed by atoms with Gasteiger partial charge in [-0.05, 0) is 6.08 Å². The first-order chi connectivity index (χ1) is 5.33. The molecule has 0 aliphatic rings. The Hall–Kier alpha value is -0.530. The van der Waals surface area contributed by atoms with Crippen molar-refractivity contribution in [2.75, 3.05) is 0 Å². The fourth-order valence-corrected chi connectivity index (χ4v) is 0.915. The van der Waals surface area contributed by atoms with Gasteiger partial charge in [0.05, 0.1) is 5.02 Å². The van der Waals surface area contributed by atoms with Gasteiger partial charge in [0.15, 0.2) is 18.9 Å². The monoisotopic (exact) mass is 188 g/mol. The van der Waals surface area contributed by atoms with Gasteiger partial charge in [0.1, 0.15) is 0 Å². The van der Waals surface area contributed by atoms with Crippen molar-refractivity contribution in [3.63, 3.8) is 0 Å². The van der Waals surface area contributed by atoms with E-state index in [2.05, 4.69) is 0 Å². The van der Waals surface area contributed by atoms with Crippen molar-refractivity contribution in [3.05, 3.63) is 41.2 Å². The molecule has 1 heterocycles. The SMILES string of the molecule is ClC=CC[n+]1ccc(Cl)cc1. The highest BCUT2D eigenvalue weighted by atomic mass is 35.5. The highest BCUT2D eigenvalue weighted by Gasteiger charge is 1.94. The van der Waals surface area contributed by atoms with E-state index >= 15 is 0 Å². The van der Waals surface area contributed by atoms with Crippen LogP contribution in [0.3, 0.4) is 0 Å². The average Bonchev–Trinajstić information content (AvgIpc) is 2.04. The van der Waals surface area contributed by atoms with E-state index in [1.165, 1.54) is 5.54 Å². The molecule has 0 N–H and O–H groups in total. The summed E-state index contributed by atoms with van der Waals surface area (Å²) in [5, 5.41) is 0.746. The summed E-state index contributed by atoms with van der Waals surface area (Å²) in [7, 11) is 0. The molecule has 0 aliphatic carbocycles. The van der Waals surface area contributed by atoms with E-state index < -0.39 is 0 Å². The maximum absolute atomic E-state index is 5.69. The predicted octanol–water partition coefficient (Wildman–Crippen LogP) is 2.38. The van der Waals surface area contributed by atoms with Gasteiger partial charge in [0, 0.05) is 17.7 Å². The summed E-state index contributed by atoms with van der Waals surface area (Å²) >= 11 is 11.1. The molecule has 0 radical (unpaired) electrons. The van der Waals surface area contributed by atoms with Crippen molar-refractivity contribution >= 4 is 23.2 Å². The molecule has 0 amide bonds. The molecule has 0 spiro atoms. The molecule has 0 atom stereocenters. The van der Waals surface area contributed by atoms with Crippen molar-refractivity contribution in [1.82, 2.24) is 0 Å². The number of allylic oxidation sites excluding steroid dienone is 1. The fourth-order valence-electron chi connectivity index (χ4n) is 0.722. The molecule has 58 valence electrons. The summed E-state index contributed by atoms with van der Waals surface area (Å²) in [4.78, 5) is 0. The van der Waals surface area contributed by atoms with Crippen LogP contribution in [-0.2, 0) is 6.54 Å². The van der Waals surface area contributed by atoms with E-state index in [4.69, 9.17) is 23.2 Å². The van der Waals surface area contributed by atoms with Crippen LogP contribution < -0.4 is 4.57 Å². The fraction of sp³-hybridized carbons (Fsp3) is 0.125. The Balaban J connectivity index is 2.66. The van der Waals surface area contributed by atoms with E-state index in [9.17, 15) is 0 Å². The molecular formula is C8H8Cl2N+. The number of nitrogens with zero attached hydrogens (tertiary/aromatic N) is 1. The van der Waals surface area contributed by atoms with E-state index in [1.807, 2.05) is 35.2 Å². The van der Waals surface area contributed by atoms with Crippen molar-refractivity contribution in [2.45, 2.75) is 6.54 Å². The molecule has 1 nitrogen and oxygen atoms in total. The lowest BCUT2D eigenvalue weighted by Gasteiger charge is -1.89. The Morgan fingerprint density at radius 3 is 2.55 bits per heavy atom. The first-order valence-electron chi connectivity index (χ1n) is 3.23. The summed E-state index contributed by atoms with van der Waals surface area (Å²) in [6.07, 6.45) is 5.66. The van der Waals surface area contributed by atoms with Crippen LogP contribution in [0.1, 0.15) is 0 Å². The maximum atomic E-state index is 5.69. The number of rotatable bonds is 2. The molecule has 11 heavy (non-hydrogen) atoms. The molecule has 0 bridgehead atoms. The number of aromatic nitrogens is 1. The van der Waals surface area contributed by atoms with Gasteiger partial charge in [0.25, 0.3) is 0 Å². The van der Waals surface area contributed by atoms with Gasteiger partial charge in [-0.25, -0.2) is 4.57 Å². The molecule has 0 aliphatic heterocycles. The van der Waals surface area contributed by atoms with Gasteiger partial charge < -0.3 is 0 Å². The normalized spacial score (nSPS) is 10.7. The molecule has 0 saturated heterocycles. The molecule has 0 fully saturated rings. The highest BCUT2D eigenvalue weighted by Crippen LogP contribution is 2.01. The third-order valence-electron chi connectivity index (χ3n) is 1.26. The van der Waals surface area contributed by atoms with Crippen LogP contribution in [0.25, 0.3) is 0 Å². The van der Waals surface area contributed by atoms with E-state index in [-0.39, 0.29) is 0 Å². The van der Waals surface area contributed by atoms with Crippen LogP contribution >= 0.6 is 23.2 Å².